The molecular weight excluding hydrogens is 174 g/mol. The van der Waals surface area contributed by atoms with Crippen molar-refractivity contribution < 1.29 is 19.0 Å². The first-order valence-electron chi connectivity index (χ1n) is 4.05. The van der Waals surface area contributed by atoms with Gasteiger partial charge >= 0.3 is 6.09 Å². The van der Waals surface area contributed by atoms with Crippen LogP contribution in [0.1, 0.15) is 13.8 Å². The molecule has 0 aliphatic carbocycles. The van der Waals surface area contributed by atoms with Crippen molar-refractivity contribution >= 4 is 6.09 Å². The molecule has 0 saturated carbocycles. The van der Waals surface area contributed by atoms with Crippen LogP contribution in [0.25, 0.3) is 0 Å². The highest BCUT2D eigenvalue weighted by molar-refractivity contribution is 5.67. The fourth-order valence-corrected chi connectivity index (χ4v) is 0.731. The van der Waals surface area contributed by atoms with Gasteiger partial charge < -0.3 is 14.2 Å². The Morgan fingerprint density at radius 2 is 1.69 bits per heavy atom. The van der Waals surface area contributed by atoms with E-state index in [0.29, 0.717) is 0 Å². The lowest BCUT2D eigenvalue weighted by Gasteiger charge is -2.21. The van der Waals surface area contributed by atoms with Crippen molar-refractivity contribution in [2.45, 2.75) is 20.0 Å². The Morgan fingerprint density at radius 1 is 1.23 bits per heavy atom. The molecule has 0 radical (unpaired) electrons. The van der Waals surface area contributed by atoms with Gasteiger partial charge in [-0.1, -0.05) is 0 Å². The summed E-state index contributed by atoms with van der Waals surface area (Å²) in [6, 6.07) is 0. The maximum Gasteiger partial charge on any atom is 0.413 e. The second kappa shape index (κ2) is 6.68. The zero-order valence-electron chi connectivity index (χ0n) is 8.57. The zero-order chi connectivity index (χ0) is 10.3. The van der Waals surface area contributed by atoms with Crippen molar-refractivity contribution in [1.29, 1.82) is 0 Å². The summed E-state index contributed by atoms with van der Waals surface area (Å²) >= 11 is 0. The van der Waals surface area contributed by atoms with Crippen LogP contribution in [-0.4, -0.2) is 44.8 Å². The molecule has 0 aromatic heterocycles. The van der Waals surface area contributed by atoms with Gasteiger partial charge in [0.05, 0.1) is 6.10 Å². The molecule has 5 nitrogen and oxygen atoms in total. The standard InChI is InChI=1S/C8H17NO4/c1-7(2)13-8(10)9(5-11-3)6-12-4/h7H,5-6H2,1-4H3. The smallest absolute Gasteiger partial charge is 0.413 e. The quantitative estimate of drug-likeness (QED) is 0.609. The minimum Gasteiger partial charge on any atom is -0.447 e. The summed E-state index contributed by atoms with van der Waals surface area (Å²) in [5, 5.41) is 0. The summed E-state index contributed by atoms with van der Waals surface area (Å²) in [7, 11) is 3.01. The largest absolute Gasteiger partial charge is 0.447 e. The molecule has 0 rings (SSSR count). The van der Waals surface area contributed by atoms with Crippen molar-refractivity contribution in [2.24, 2.45) is 0 Å². The molecule has 78 valence electrons. The monoisotopic (exact) mass is 191 g/mol. The number of carbonyl (C=O) groups is 1. The first kappa shape index (κ1) is 12.2. The van der Waals surface area contributed by atoms with Gasteiger partial charge in [0.15, 0.2) is 0 Å². The molecule has 0 fully saturated rings. The topological polar surface area (TPSA) is 48.0 Å². The van der Waals surface area contributed by atoms with Gasteiger partial charge in [0.25, 0.3) is 0 Å². The van der Waals surface area contributed by atoms with Gasteiger partial charge in [-0.25, -0.2) is 4.79 Å². The van der Waals surface area contributed by atoms with E-state index in [2.05, 4.69) is 0 Å². The number of nitrogens with zero attached hydrogens (tertiary/aromatic N) is 1. The summed E-state index contributed by atoms with van der Waals surface area (Å²) in [5.41, 5.74) is 0. The van der Waals surface area contributed by atoms with Crippen molar-refractivity contribution in [3.63, 3.8) is 0 Å². The molecule has 1 amide bonds. The lowest BCUT2D eigenvalue weighted by Crippen LogP contribution is -2.36. The Bertz CT molecular complexity index is 143. The lowest BCUT2D eigenvalue weighted by atomic mass is 10.5. The predicted molar refractivity (Wildman–Crippen MR) is 47.2 cm³/mol. The number of ether oxygens (including phenoxy) is 3. The number of hydrogen-bond donors (Lipinski definition) is 0. The molecule has 5 heteroatoms. The van der Waals surface area contributed by atoms with Gasteiger partial charge in [-0.3, -0.25) is 4.90 Å². The Hall–Kier alpha value is -0.810. The average Bonchev–Trinajstić information content (AvgIpc) is 2.02. The number of hydrogen-bond acceptors (Lipinski definition) is 4. The summed E-state index contributed by atoms with van der Waals surface area (Å²) in [6.45, 7) is 3.91. The van der Waals surface area contributed by atoms with E-state index in [4.69, 9.17) is 14.2 Å². The second-order valence-corrected chi connectivity index (χ2v) is 2.81. The Labute approximate surface area is 78.6 Å². The van der Waals surface area contributed by atoms with E-state index in [1.165, 1.54) is 19.1 Å². The molecule has 0 spiro atoms. The number of methoxy groups -OCH3 is 2. The molecule has 0 N–H and O–H groups in total. The minimum absolute atomic E-state index is 0.135. The molecule has 0 heterocycles. The highest BCUT2D eigenvalue weighted by atomic mass is 16.6. The van der Waals surface area contributed by atoms with Gasteiger partial charge in [-0.2, -0.15) is 0 Å². The van der Waals surface area contributed by atoms with Crippen LogP contribution in [0.4, 0.5) is 4.79 Å². The third-order valence-electron chi connectivity index (χ3n) is 1.16. The molecule has 0 unspecified atom stereocenters. The zero-order valence-corrected chi connectivity index (χ0v) is 8.57. The van der Waals surface area contributed by atoms with Gasteiger partial charge in [0, 0.05) is 14.2 Å². The number of carbonyl (C=O) groups excluding carboxylic acids is 1. The van der Waals surface area contributed by atoms with Crippen LogP contribution >= 0.6 is 0 Å². The first-order chi connectivity index (χ1) is 6.11. The maximum atomic E-state index is 11.3. The molecule has 0 atom stereocenters. The summed E-state index contributed by atoms with van der Waals surface area (Å²) < 4.78 is 14.6. The van der Waals surface area contributed by atoms with E-state index in [1.807, 2.05) is 0 Å². The maximum absolute atomic E-state index is 11.3. The summed E-state index contributed by atoms with van der Waals surface area (Å²) in [4.78, 5) is 12.6. The molecular formula is C8H17NO4. The predicted octanol–water partition coefficient (Wildman–Crippen LogP) is 1.04. The van der Waals surface area contributed by atoms with E-state index < -0.39 is 6.09 Å². The van der Waals surface area contributed by atoms with Crippen LogP contribution < -0.4 is 0 Å². The fourth-order valence-electron chi connectivity index (χ4n) is 0.731. The Kier molecular flexibility index (Phi) is 6.26. The first-order valence-corrected chi connectivity index (χ1v) is 4.05. The van der Waals surface area contributed by atoms with Crippen LogP contribution in [0.15, 0.2) is 0 Å². The average molecular weight is 191 g/mol. The van der Waals surface area contributed by atoms with Crippen molar-refractivity contribution in [2.75, 3.05) is 27.7 Å². The van der Waals surface area contributed by atoms with Crippen LogP contribution in [0, 0.1) is 0 Å². The van der Waals surface area contributed by atoms with E-state index >= 15 is 0 Å². The van der Waals surface area contributed by atoms with Crippen LogP contribution in [0.2, 0.25) is 0 Å². The lowest BCUT2D eigenvalue weighted by molar-refractivity contribution is -0.0206. The Morgan fingerprint density at radius 3 is 2.00 bits per heavy atom. The number of rotatable bonds is 5. The highest BCUT2D eigenvalue weighted by Crippen LogP contribution is 1.98. The van der Waals surface area contributed by atoms with Gasteiger partial charge in [0.1, 0.15) is 13.5 Å². The SMILES string of the molecule is COCN(COC)C(=O)OC(C)C. The summed E-state index contributed by atoms with van der Waals surface area (Å²) in [5.74, 6) is 0. The van der Waals surface area contributed by atoms with E-state index in [-0.39, 0.29) is 19.6 Å². The summed E-state index contributed by atoms with van der Waals surface area (Å²) in [6.07, 6.45) is -0.567. The molecule has 0 bridgehead atoms. The van der Waals surface area contributed by atoms with Gasteiger partial charge in [0.2, 0.25) is 0 Å². The van der Waals surface area contributed by atoms with E-state index in [9.17, 15) is 4.79 Å². The second-order valence-electron chi connectivity index (χ2n) is 2.81. The van der Waals surface area contributed by atoms with E-state index in [1.54, 1.807) is 13.8 Å². The van der Waals surface area contributed by atoms with Crippen molar-refractivity contribution in [1.82, 2.24) is 4.90 Å². The molecule has 0 saturated heterocycles. The third kappa shape index (κ3) is 5.43. The van der Waals surface area contributed by atoms with Crippen LogP contribution in [0.5, 0.6) is 0 Å². The van der Waals surface area contributed by atoms with Crippen LogP contribution in [-0.2, 0) is 14.2 Å². The molecule has 0 aromatic carbocycles. The van der Waals surface area contributed by atoms with Gasteiger partial charge in [-0.05, 0) is 13.8 Å². The van der Waals surface area contributed by atoms with Crippen molar-refractivity contribution in [3.05, 3.63) is 0 Å². The normalized spacial score (nSPS) is 10.2. The fraction of sp³-hybridized carbons (Fsp3) is 0.875. The number of amides is 1. The Balaban J connectivity index is 3.95. The molecule has 0 aliphatic heterocycles. The molecule has 0 aliphatic rings. The van der Waals surface area contributed by atoms with Crippen molar-refractivity contribution in [3.8, 4) is 0 Å². The minimum atomic E-state index is -0.432. The van der Waals surface area contributed by atoms with Crippen LogP contribution in [0.3, 0.4) is 0 Å². The van der Waals surface area contributed by atoms with Gasteiger partial charge in [-0.15, -0.1) is 0 Å². The third-order valence-corrected chi connectivity index (χ3v) is 1.16. The highest BCUT2D eigenvalue weighted by Gasteiger charge is 2.15. The molecule has 0 aromatic rings. The van der Waals surface area contributed by atoms with E-state index in [0.717, 1.165) is 0 Å². The molecule has 13 heavy (non-hydrogen) atoms.